The average molecular weight is 393 g/mol. The molecule has 27 heavy (non-hydrogen) atoms. The molecule has 2 aromatic carbocycles. The molecule has 0 amide bonds. The number of rotatable bonds is 10. The highest BCUT2D eigenvalue weighted by atomic mass is 31.2. The number of carboxylic acids is 1. The Morgan fingerprint density at radius 1 is 1.00 bits per heavy atom. The predicted octanol–water partition coefficient (Wildman–Crippen LogP) is 0.705. The Balaban J connectivity index is 2.00. The Labute approximate surface area is 160 Å². The molecule has 9 N–H and O–H groups in total. The molecular weight excluding hydrogens is 363 g/mol. The minimum absolute atomic E-state index is 0.153. The molecule has 0 radical (unpaired) electrons. The maximum absolute atomic E-state index is 11.7. The molecule has 0 aromatic heterocycles. The Morgan fingerprint density at radius 3 is 2.26 bits per heavy atom. The van der Waals surface area contributed by atoms with Crippen LogP contribution in [-0.4, -0.2) is 32.8 Å². The Morgan fingerprint density at radius 2 is 1.63 bits per heavy atom. The lowest BCUT2D eigenvalue weighted by Gasteiger charge is -2.20. The van der Waals surface area contributed by atoms with E-state index >= 15 is 0 Å². The largest absolute Gasteiger partial charge is 0.481 e. The van der Waals surface area contributed by atoms with Crippen molar-refractivity contribution in [3.05, 3.63) is 71.3 Å². The average Bonchev–Trinajstić information content (AvgIpc) is 2.66. The summed E-state index contributed by atoms with van der Waals surface area (Å²) >= 11 is 0. The molecule has 0 spiro atoms. The molecule has 7 heteroatoms. The van der Waals surface area contributed by atoms with Gasteiger partial charge < -0.3 is 16.6 Å². The zero-order valence-corrected chi connectivity index (χ0v) is 16.4. The highest BCUT2D eigenvalue weighted by molar-refractivity contribution is 7.65. The lowest BCUT2D eigenvalue weighted by atomic mass is 9.99. The van der Waals surface area contributed by atoms with Gasteiger partial charge in [0.2, 0.25) is 5.78 Å². The van der Waals surface area contributed by atoms with Crippen molar-refractivity contribution in [2.75, 3.05) is 6.16 Å². The number of hydrogen-bond donors (Lipinski definition) is 5. The van der Waals surface area contributed by atoms with Crippen LogP contribution in [0.3, 0.4) is 0 Å². The molecule has 0 unspecified atom stereocenters. The van der Waals surface area contributed by atoms with Crippen molar-refractivity contribution in [3.8, 4) is 0 Å². The van der Waals surface area contributed by atoms with Gasteiger partial charge in [0.15, 0.2) is 0 Å². The van der Waals surface area contributed by atoms with Crippen molar-refractivity contribution in [2.24, 2.45) is 5.92 Å². The summed E-state index contributed by atoms with van der Waals surface area (Å²) in [5.41, 5.74) is 10.8. The minimum atomic E-state index is -3.44. The van der Waals surface area contributed by atoms with Crippen molar-refractivity contribution in [1.82, 2.24) is 0 Å². The third kappa shape index (κ3) is 6.69. The van der Waals surface area contributed by atoms with Crippen molar-refractivity contribution >= 4 is 13.7 Å². The molecule has 2 rings (SSSR count). The monoisotopic (exact) mass is 393 g/mol. The summed E-state index contributed by atoms with van der Waals surface area (Å²) < 4.78 is 0. The van der Waals surface area contributed by atoms with E-state index in [9.17, 15) is 19.7 Å². The van der Waals surface area contributed by atoms with Gasteiger partial charge in [-0.2, -0.15) is 0 Å². The predicted molar refractivity (Wildman–Crippen MR) is 106 cm³/mol. The standard InChI is InChI=1S/C20H27N2O4P/c21-13-17-8-4-7-16(11-17)12-18(20(23)24)14-27(25,26)19(22)10-9-15-5-2-1-3-6-15/h1-8,11,18-19,25-26H,9-10,12-14,21-22H2/p+3/t18-,19-/m1/s1. The van der Waals surface area contributed by atoms with Gasteiger partial charge in [0.05, 0.1) is 12.5 Å². The second kappa shape index (κ2) is 9.93. The third-order valence-electron chi connectivity index (χ3n) is 4.79. The van der Waals surface area contributed by atoms with E-state index < -0.39 is 25.4 Å². The highest BCUT2D eigenvalue weighted by Crippen LogP contribution is 2.55. The number of benzene rings is 2. The SMILES string of the molecule is [NH3+]Cc1cccc(C[C@H](C[P+](O)(O)[C@@H]([NH3+])CCc2ccccc2)C(=O)O)c1. The van der Waals surface area contributed by atoms with Crippen LogP contribution in [0.15, 0.2) is 54.6 Å². The molecule has 6 nitrogen and oxygen atoms in total. The van der Waals surface area contributed by atoms with Crippen molar-refractivity contribution in [3.63, 3.8) is 0 Å². The van der Waals surface area contributed by atoms with Gasteiger partial charge in [-0.05, 0) is 24.0 Å². The van der Waals surface area contributed by atoms with Crippen LogP contribution in [0.5, 0.6) is 0 Å². The Kier molecular flexibility index (Phi) is 7.90. The van der Waals surface area contributed by atoms with Gasteiger partial charge in [-0.1, -0.05) is 54.6 Å². The minimum Gasteiger partial charge on any atom is -0.481 e. The van der Waals surface area contributed by atoms with Crippen LogP contribution < -0.4 is 11.5 Å². The second-order valence-electron chi connectivity index (χ2n) is 6.96. The number of carboxylic acid groups (broad SMARTS) is 1. The molecule has 0 aliphatic rings. The van der Waals surface area contributed by atoms with E-state index in [0.29, 0.717) is 19.4 Å². The summed E-state index contributed by atoms with van der Waals surface area (Å²) in [7, 11) is -3.44. The van der Waals surface area contributed by atoms with Gasteiger partial charge in [0.25, 0.3) is 0 Å². The number of aliphatic carboxylic acids is 1. The van der Waals surface area contributed by atoms with Crippen molar-refractivity contribution < 1.29 is 31.2 Å². The van der Waals surface area contributed by atoms with E-state index in [1.165, 1.54) is 0 Å². The van der Waals surface area contributed by atoms with Crippen molar-refractivity contribution in [2.45, 2.75) is 31.6 Å². The summed E-state index contributed by atoms with van der Waals surface area (Å²) in [5, 5.41) is 9.58. The quantitative estimate of drug-likeness (QED) is 0.380. The first-order chi connectivity index (χ1) is 12.8. The van der Waals surface area contributed by atoms with Gasteiger partial charge in [-0.25, -0.2) is 9.79 Å². The molecule has 0 aliphatic heterocycles. The normalized spacial score (nSPS) is 13.9. The van der Waals surface area contributed by atoms with E-state index in [0.717, 1.165) is 16.7 Å². The first-order valence-corrected chi connectivity index (χ1v) is 11.1. The number of hydrogen-bond acceptors (Lipinski definition) is 3. The third-order valence-corrected chi connectivity index (χ3v) is 7.20. The van der Waals surface area contributed by atoms with Crippen LogP contribution in [0, 0.1) is 5.92 Å². The van der Waals surface area contributed by atoms with Gasteiger partial charge in [0.1, 0.15) is 6.16 Å². The van der Waals surface area contributed by atoms with E-state index in [2.05, 4.69) is 11.5 Å². The van der Waals surface area contributed by atoms with Gasteiger partial charge >= 0.3 is 13.7 Å². The van der Waals surface area contributed by atoms with Crippen LogP contribution in [0.4, 0.5) is 0 Å². The van der Waals surface area contributed by atoms with Gasteiger partial charge in [-0.15, -0.1) is 0 Å². The maximum Gasteiger partial charge on any atom is 0.327 e. The van der Waals surface area contributed by atoms with E-state index in [1.54, 1.807) is 0 Å². The summed E-state index contributed by atoms with van der Waals surface area (Å²) in [6.07, 6.45) is 1.30. The summed E-state index contributed by atoms with van der Waals surface area (Å²) in [6.45, 7) is 0.628. The van der Waals surface area contributed by atoms with E-state index in [-0.39, 0.29) is 12.6 Å². The lowest BCUT2D eigenvalue weighted by Crippen LogP contribution is -2.62. The lowest BCUT2D eigenvalue weighted by molar-refractivity contribution is -0.394. The van der Waals surface area contributed by atoms with E-state index in [4.69, 9.17) is 0 Å². The number of quaternary nitrogens is 2. The molecule has 0 fully saturated rings. The fourth-order valence-corrected chi connectivity index (χ4v) is 4.86. The highest BCUT2D eigenvalue weighted by Gasteiger charge is 2.48. The van der Waals surface area contributed by atoms with Crippen LogP contribution in [0.25, 0.3) is 0 Å². The van der Waals surface area contributed by atoms with Crippen molar-refractivity contribution in [1.29, 1.82) is 0 Å². The fraction of sp³-hybridized carbons (Fsp3) is 0.350. The second-order valence-corrected chi connectivity index (χ2v) is 9.62. The topological polar surface area (TPSA) is 133 Å². The maximum atomic E-state index is 11.7. The molecule has 2 aromatic rings. The summed E-state index contributed by atoms with van der Waals surface area (Å²) in [6, 6.07) is 17.4. The number of aryl methyl sites for hydroxylation is 1. The van der Waals surface area contributed by atoms with Crippen LogP contribution >= 0.6 is 7.72 Å². The molecule has 146 valence electrons. The smallest absolute Gasteiger partial charge is 0.327 e. The number of carbonyl (C=O) groups is 1. The molecule has 0 bridgehead atoms. The molecule has 0 aliphatic carbocycles. The molecule has 0 saturated heterocycles. The van der Waals surface area contributed by atoms with Crippen LogP contribution in [-0.2, 0) is 24.2 Å². The Hall–Kier alpha value is -1.82. The zero-order chi connectivity index (χ0) is 19.9. The first kappa shape index (κ1) is 21.5. The molecule has 0 heterocycles. The zero-order valence-electron chi connectivity index (χ0n) is 15.5. The first-order valence-electron chi connectivity index (χ1n) is 9.12. The fourth-order valence-electron chi connectivity index (χ4n) is 3.08. The van der Waals surface area contributed by atoms with Crippen LogP contribution in [0.2, 0.25) is 0 Å². The molecule has 0 saturated carbocycles. The van der Waals surface area contributed by atoms with E-state index in [1.807, 2.05) is 54.6 Å². The van der Waals surface area contributed by atoms with Crippen LogP contribution in [0.1, 0.15) is 23.1 Å². The summed E-state index contributed by atoms with van der Waals surface area (Å²) in [4.78, 5) is 32.9. The van der Waals surface area contributed by atoms with Gasteiger partial charge in [0, 0.05) is 12.0 Å². The molecule has 2 atom stereocenters. The molecular formula is C20H30N2O4P+3. The Bertz CT molecular complexity index is 740. The van der Waals surface area contributed by atoms with Gasteiger partial charge in [-0.3, -0.25) is 4.79 Å². The summed E-state index contributed by atoms with van der Waals surface area (Å²) in [5.74, 6) is -2.45.